The highest BCUT2D eigenvalue weighted by atomic mass is 32.1. The number of hydrogen-bond acceptors (Lipinski definition) is 6. The van der Waals surface area contributed by atoms with Crippen LogP contribution in [0.1, 0.15) is 12.5 Å². The second kappa shape index (κ2) is 5.32. The van der Waals surface area contributed by atoms with Crippen LogP contribution >= 0.6 is 12.6 Å². The Bertz CT molecular complexity index is 444. The lowest BCUT2D eigenvalue weighted by molar-refractivity contribution is 0.396. The Labute approximate surface area is 98.2 Å². The van der Waals surface area contributed by atoms with Gasteiger partial charge < -0.3 is 15.3 Å². The molecule has 0 aromatic heterocycles. The van der Waals surface area contributed by atoms with Crippen LogP contribution in [-0.2, 0) is 0 Å². The molecule has 16 heavy (non-hydrogen) atoms. The lowest BCUT2D eigenvalue weighted by atomic mass is 10.2. The summed E-state index contributed by atoms with van der Waals surface area (Å²) in [6, 6.07) is 2.24. The Morgan fingerprint density at radius 2 is 1.88 bits per heavy atom. The predicted molar refractivity (Wildman–Crippen MR) is 64.9 cm³/mol. The van der Waals surface area contributed by atoms with Crippen molar-refractivity contribution in [3.05, 3.63) is 28.8 Å². The standard InChI is InChI=1S/C10H12N2O3S/c1-6(5-16)12-11-4-7-2-9(14)10(15)3-8(7)13/h2-5,12-16H,1H3/b6-5-,11-4+. The third kappa shape index (κ3) is 3.09. The van der Waals surface area contributed by atoms with Crippen molar-refractivity contribution in [2.75, 3.05) is 0 Å². The van der Waals surface area contributed by atoms with Gasteiger partial charge in [-0.25, -0.2) is 0 Å². The highest BCUT2D eigenvalue weighted by Gasteiger charge is 2.05. The molecule has 0 radical (unpaired) electrons. The SMILES string of the molecule is C/C(=C/S)N/N=C/c1cc(O)c(O)cc1O. The van der Waals surface area contributed by atoms with Gasteiger partial charge in [0.15, 0.2) is 11.5 Å². The Balaban J connectivity index is 2.85. The zero-order chi connectivity index (χ0) is 12.1. The Hall–Kier alpha value is -1.82. The summed E-state index contributed by atoms with van der Waals surface area (Å²) < 4.78 is 0. The molecule has 0 unspecified atom stereocenters. The van der Waals surface area contributed by atoms with E-state index in [0.717, 1.165) is 11.8 Å². The number of aromatic hydroxyl groups is 3. The molecule has 0 saturated carbocycles. The van der Waals surface area contributed by atoms with Crippen molar-refractivity contribution in [2.45, 2.75) is 6.92 Å². The van der Waals surface area contributed by atoms with Gasteiger partial charge in [0.2, 0.25) is 0 Å². The Kier molecular flexibility index (Phi) is 4.07. The molecule has 0 saturated heterocycles. The van der Waals surface area contributed by atoms with E-state index >= 15 is 0 Å². The van der Waals surface area contributed by atoms with Crippen LogP contribution in [0.2, 0.25) is 0 Å². The molecule has 0 aliphatic carbocycles. The first-order valence-corrected chi connectivity index (χ1v) is 4.91. The molecule has 0 atom stereocenters. The number of thiol groups is 1. The number of hydrazone groups is 1. The summed E-state index contributed by atoms with van der Waals surface area (Å²) in [7, 11) is 0. The van der Waals surface area contributed by atoms with Crippen molar-refractivity contribution < 1.29 is 15.3 Å². The average Bonchev–Trinajstić information content (AvgIpc) is 2.25. The Morgan fingerprint density at radius 3 is 2.50 bits per heavy atom. The quantitative estimate of drug-likeness (QED) is 0.182. The van der Waals surface area contributed by atoms with Gasteiger partial charge >= 0.3 is 0 Å². The summed E-state index contributed by atoms with van der Waals surface area (Å²) in [5, 5.41) is 33.0. The summed E-state index contributed by atoms with van der Waals surface area (Å²) in [4.78, 5) is 0. The fourth-order valence-electron chi connectivity index (χ4n) is 0.918. The summed E-state index contributed by atoms with van der Waals surface area (Å²) in [6.45, 7) is 1.76. The number of nitrogens with one attached hydrogen (secondary N) is 1. The van der Waals surface area contributed by atoms with E-state index in [2.05, 4.69) is 23.2 Å². The number of phenols is 3. The van der Waals surface area contributed by atoms with Gasteiger partial charge in [-0.2, -0.15) is 5.10 Å². The maximum Gasteiger partial charge on any atom is 0.161 e. The van der Waals surface area contributed by atoms with Gasteiger partial charge in [-0.3, -0.25) is 5.43 Å². The maximum atomic E-state index is 9.42. The molecular formula is C10H12N2O3S. The summed E-state index contributed by atoms with van der Waals surface area (Å²) >= 11 is 3.90. The minimum absolute atomic E-state index is 0.173. The van der Waals surface area contributed by atoms with Crippen LogP contribution in [-0.4, -0.2) is 21.5 Å². The van der Waals surface area contributed by atoms with Crippen LogP contribution in [0.15, 0.2) is 28.3 Å². The first-order chi connectivity index (χ1) is 7.54. The molecular weight excluding hydrogens is 228 g/mol. The molecule has 1 rings (SSSR count). The second-order valence-electron chi connectivity index (χ2n) is 3.08. The van der Waals surface area contributed by atoms with Gasteiger partial charge in [-0.05, 0) is 18.4 Å². The van der Waals surface area contributed by atoms with Gasteiger partial charge in [0.25, 0.3) is 0 Å². The van der Waals surface area contributed by atoms with E-state index in [1.807, 2.05) is 0 Å². The molecule has 0 fully saturated rings. The summed E-state index contributed by atoms with van der Waals surface area (Å²) in [6.07, 6.45) is 1.31. The average molecular weight is 240 g/mol. The van der Waals surface area contributed by atoms with Crippen LogP contribution in [0.4, 0.5) is 0 Å². The minimum atomic E-state index is -0.381. The van der Waals surface area contributed by atoms with Crippen molar-refractivity contribution in [3.8, 4) is 17.2 Å². The molecule has 0 aliphatic rings. The molecule has 6 heteroatoms. The number of benzene rings is 1. The molecule has 0 heterocycles. The molecule has 4 N–H and O–H groups in total. The van der Waals surface area contributed by atoms with Crippen LogP contribution in [0.5, 0.6) is 17.2 Å². The Morgan fingerprint density at radius 1 is 1.25 bits per heavy atom. The topological polar surface area (TPSA) is 85.1 Å². The minimum Gasteiger partial charge on any atom is -0.507 e. The molecule has 5 nitrogen and oxygen atoms in total. The first-order valence-electron chi connectivity index (χ1n) is 4.39. The third-order valence-corrected chi connectivity index (χ3v) is 2.15. The van der Waals surface area contributed by atoms with E-state index in [9.17, 15) is 10.2 Å². The van der Waals surface area contributed by atoms with Gasteiger partial charge in [0.1, 0.15) is 5.75 Å². The van der Waals surface area contributed by atoms with E-state index in [1.165, 1.54) is 17.7 Å². The second-order valence-corrected chi connectivity index (χ2v) is 3.34. The summed E-state index contributed by atoms with van der Waals surface area (Å²) in [5.74, 6) is -0.872. The molecule has 0 spiro atoms. The molecule has 0 bridgehead atoms. The molecule has 0 amide bonds. The van der Waals surface area contributed by atoms with Gasteiger partial charge in [0.05, 0.1) is 6.21 Å². The first kappa shape index (κ1) is 12.3. The van der Waals surface area contributed by atoms with E-state index in [1.54, 1.807) is 6.92 Å². The lowest BCUT2D eigenvalue weighted by Crippen LogP contribution is -2.01. The van der Waals surface area contributed by atoms with Gasteiger partial charge in [-0.1, -0.05) is 0 Å². The van der Waals surface area contributed by atoms with Crippen LogP contribution in [0, 0.1) is 0 Å². The molecule has 0 aliphatic heterocycles. The van der Waals surface area contributed by atoms with Crippen LogP contribution in [0.25, 0.3) is 0 Å². The maximum absolute atomic E-state index is 9.42. The van der Waals surface area contributed by atoms with E-state index in [4.69, 9.17) is 5.11 Å². The van der Waals surface area contributed by atoms with Crippen molar-refractivity contribution in [1.82, 2.24) is 5.43 Å². The fraction of sp³-hybridized carbons (Fsp3) is 0.100. The van der Waals surface area contributed by atoms with Crippen molar-refractivity contribution in [1.29, 1.82) is 0 Å². The smallest absolute Gasteiger partial charge is 0.161 e. The lowest BCUT2D eigenvalue weighted by Gasteiger charge is -2.02. The predicted octanol–water partition coefficient (Wildman–Crippen LogP) is 1.52. The number of hydrogen-bond donors (Lipinski definition) is 5. The number of rotatable bonds is 3. The van der Waals surface area contributed by atoms with Crippen LogP contribution < -0.4 is 5.43 Å². The fourth-order valence-corrected chi connectivity index (χ4v) is 0.976. The molecule has 1 aromatic carbocycles. The van der Waals surface area contributed by atoms with Crippen LogP contribution in [0.3, 0.4) is 0 Å². The van der Waals surface area contributed by atoms with Crippen molar-refractivity contribution >= 4 is 18.8 Å². The highest BCUT2D eigenvalue weighted by Crippen LogP contribution is 2.31. The van der Waals surface area contributed by atoms with Crippen molar-refractivity contribution in [2.24, 2.45) is 5.10 Å². The highest BCUT2D eigenvalue weighted by molar-refractivity contribution is 7.83. The largest absolute Gasteiger partial charge is 0.507 e. The zero-order valence-electron chi connectivity index (χ0n) is 8.55. The number of allylic oxidation sites excluding steroid dienone is 1. The zero-order valence-corrected chi connectivity index (χ0v) is 9.44. The van der Waals surface area contributed by atoms with E-state index in [0.29, 0.717) is 0 Å². The summed E-state index contributed by atoms with van der Waals surface area (Å²) in [5.41, 5.74) is 3.65. The monoisotopic (exact) mass is 240 g/mol. The van der Waals surface area contributed by atoms with Gasteiger partial charge in [0, 0.05) is 17.3 Å². The molecule has 1 aromatic rings. The van der Waals surface area contributed by atoms with Gasteiger partial charge in [-0.15, -0.1) is 12.6 Å². The normalized spacial score (nSPS) is 12.0. The van der Waals surface area contributed by atoms with E-state index in [-0.39, 0.29) is 22.8 Å². The van der Waals surface area contributed by atoms with Crippen molar-refractivity contribution in [3.63, 3.8) is 0 Å². The third-order valence-electron chi connectivity index (χ3n) is 1.76. The van der Waals surface area contributed by atoms with E-state index < -0.39 is 0 Å². The molecule has 86 valence electrons. The number of nitrogens with zero attached hydrogens (tertiary/aromatic N) is 1. The number of phenolic OH excluding ortho intramolecular Hbond substituents is 3.